The molecular formula is C17H18O3. The summed E-state index contributed by atoms with van der Waals surface area (Å²) in [6, 6.07) is 16.1. The van der Waals surface area contributed by atoms with Crippen LogP contribution in [0.4, 0.5) is 0 Å². The number of carbonyl (C=O) groups is 1. The number of hydrogen-bond acceptors (Lipinski definition) is 3. The van der Waals surface area contributed by atoms with E-state index in [0.29, 0.717) is 12.8 Å². The Kier molecular flexibility index (Phi) is 4.77. The molecule has 0 heterocycles. The minimum absolute atomic E-state index is 0.182. The molecule has 0 bridgehead atoms. The maximum absolute atomic E-state index is 11.1. The van der Waals surface area contributed by atoms with Gasteiger partial charge < -0.3 is 9.47 Å². The maximum Gasteiger partial charge on any atom is 0.305 e. The summed E-state index contributed by atoms with van der Waals surface area (Å²) in [5.74, 6) is 0.675. The van der Waals surface area contributed by atoms with Gasteiger partial charge in [0, 0.05) is 12.0 Å². The highest BCUT2D eigenvalue weighted by molar-refractivity contribution is 5.71. The van der Waals surface area contributed by atoms with E-state index in [9.17, 15) is 4.79 Å². The molecule has 0 amide bonds. The fourth-order valence-corrected chi connectivity index (χ4v) is 2.08. The number of hydrogen-bond donors (Lipinski definition) is 0. The Morgan fingerprint density at radius 1 is 1.00 bits per heavy atom. The van der Waals surface area contributed by atoms with E-state index in [1.807, 2.05) is 48.5 Å². The summed E-state index contributed by atoms with van der Waals surface area (Å²) < 4.78 is 10.0. The molecule has 0 aliphatic rings. The van der Waals surface area contributed by atoms with Crippen LogP contribution in [0.25, 0.3) is 11.1 Å². The van der Waals surface area contributed by atoms with Gasteiger partial charge in [-0.2, -0.15) is 0 Å². The van der Waals surface area contributed by atoms with Crippen LogP contribution >= 0.6 is 0 Å². The number of esters is 1. The number of methoxy groups -OCH3 is 2. The third kappa shape index (κ3) is 3.38. The minimum Gasteiger partial charge on any atom is -0.496 e. The van der Waals surface area contributed by atoms with Crippen molar-refractivity contribution < 1.29 is 14.3 Å². The molecule has 0 fully saturated rings. The second kappa shape index (κ2) is 6.75. The predicted octanol–water partition coefficient (Wildman–Crippen LogP) is 3.47. The monoisotopic (exact) mass is 270 g/mol. The number of aryl methyl sites for hydroxylation is 1. The summed E-state index contributed by atoms with van der Waals surface area (Å²) in [6.45, 7) is 0. The second-order valence-corrected chi connectivity index (χ2v) is 4.47. The average Bonchev–Trinajstić information content (AvgIpc) is 2.53. The zero-order valence-electron chi connectivity index (χ0n) is 11.8. The van der Waals surface area contributed by atoms with Crippen LogP contribution < -0.4 is 4.74 Å². The van der Waals surface area contributed by atoms with Crippen LogP contribution in [0.1, 0.15) is 12.0 Å². The minimum atomic E-state index is -0.182. The molecule has 0 aliphatic heterocycles. The molecule has 20 heavy (non-hydrogen) atoms. The molecule has 3 heteroatoms. The molecule has 2 aromatic rings. The lowest BCUT2D eigenvalue weighted by molar-refractivity contribution is -0.140. The quantitative estimate of drug-likeness (QED) is 0.780. The van der Waals surface area contributed by atoms with Gasteiger partial charge in [0.2, 0.25) is 0 Å². The van der Waals surface area contributed by atoms with E-state index in [0.717, 1.165) is 22.4 Å². The Balaban J connectivity index is 2.13. The van der Waals surface area contributed by atoms with Gasteiger partial charge >= 0.3 is 5.97 Å². The van der Waals surface area contributed by atoms with Crippen molar-refractivity contribution >= 4 is 5.97 Å². The summed E-state index contributed by atoms with van der Waals surface area (Å²) >= 11 is 0. The van der Waals surface area contributed by atoms with Gasteiger partial charge in [-0.05, 0) is 23.6 Å². The summed E-state index contributed by atoms with van der Waals surface area (Å²) in [5.41, 5.74) is 3.29. The van der Waals surface area contributed by atoms with Gasteiger partial charge in [-0.3, -0.25) is 4.79 Å². The summed E-state index contributed by atoms with van der Waals surface area (Å²) in [5, 5.41) is 0. The molecule has 0 spiro atoms. The van der Waals surface area contributed by atoms with E-state index in [2.05, 4.69) is 4.74 Å². The normalized spacial score (nSPS) is 10.1. The fraction of sp³-hybridized carbons (Fsp3) is 0.235. The average molecular weight is 270 g/mol. The highest BCUT2D eigenvalue weighted by Gasteiger charge is 2.05. The van der Waals surface area contributed by atoms with E-state index < -0.39 is 0 Å². The highest BCUT2D eigenvalue weighted by atomic mass is 16.5. The molecule has 104 valence electrons. The Morgan fingerprint density at radius 3 is 2.35 bits per heavy atom. The van der Waals surface area contributed by atoms with Crippen LogP contribution in [0.5, 0.6) is 5.75 Å². The zero-order chi connectivity index (χ0) is 14.4. The molecular weight excluding hydrogens is 252 g/mol. The lowest BCUT2D eigenvalue weighted by atomic mass is 10.0. The van der Waals surface area contributed by atoms with Gasteiger partial charge in [-0.1, -0.05) is 42.5 Å². The first-order valence-electron chi connectivity index (χ1n) is 6.53. The molecule has 0 N–H and O–H groups in total. The van der Waals surface area contributed by atoms with Crippen LogP contribution in [0.15, 0.2) is 48.5 Å². The second-order valence-electron chi connectivity index (χ2n) is 4.47. The molecule has 0 radical (unpaired) electrons. The smallest absolute Gasteiger partial charge is 0.305 e. The predicted molar refractivity (Wildman–Crippen MR) is 78.8 cm³/mol. The first-order valence-corrected chi connectivity index (χ1v) is 6.53. The van der Waals surface area contributed by atoms with Gasteiger partial charge in [-0.25, -0.2) is 0 Å². The van der Waals surface area contributed by atoms with E-state index >= 15 is 0 Å². The fourth-order valence-electron chi connectivity index (χ4n) is 2.08. The molecule has 0 saturated heterocycles. The van der Waals surface area contributed by atoms with Crippen molar-refractivity contribution in [1.29, 1.82) is 0 Å². The standard InChI is InChI=1S/C17H18O3/c1-19-16-6-4-3-5-15(16)14-10-7-13(8-11-14)9-12-17(18)20-2/h3-8,10-11H,9,12H2,1-2H3. The van der Waals surface area contributed by atoms with Crippen molar-refractivity contribution in [3.63, 3.8) is 0 Å². The van der Waals surface area contributed by atoms with Gasteiger partial charge in [-0.15, -0.1) is 0 Å². The lowest BCUT2D eigenvalue weighted by Gasteiger charge is -2.09. The van der Waals surface area contributed by atoms with Gasteiger partial charge in [0.05, 0.1) is 14.2 Å². The van der Waals surface area contributed by atoms with Gasteiger partial charge in [0.15, 0.2) is 0 Å². The molecule has 0 saturated carbocycles. The molecule has 0 aromatic heterocycles. The largest absolute Gasteiger partial charge is 0.496 e. The Morgan fingerprint density at radius 2 is 1.70 bits per heavy atom. The summed E-state index contributed by atoms with van der Waals surface area (Å²) in [7, 11) is 3.08. The molecule has 0 atom stereocenters. The van der Waals surface area contributed by atoms with E-state index in [1.165, 1.54) is 7.11 Å². The maximum atomic E-state index is 11.1. The molecule has 0 unspecified atom stereocenters. The third-order valence-electron chi connectivity index (χ3n) is 3.22. The van der Waals surface area contributed by atoms with E-state index in [-0.39, 0.29) is 5.97 Å². The van der Waals surface area contributed by atoms with Crippen molar-refractivity contribution in [2.24, 2.45) is 0 Å². The lowest BCUT2D eigenvalue weighted by Crippen LogP contribution is -2.01. The third-order valence-corrected chi connectivity index (χ3v) is 3.22. The van der Waals surface area contributed by atoms with Gasteiger partial charge in [0.25, 0.3) is 0 Å². The molecule has 0 aliphatic carbocycles. The zero-order valence-corrected chi connectivity index (χ0v) is 11.8. The molecule has 2 rings (SSSR count). The Bertz CT molecular complexity index is 573. The van der Waals surface area contributed by atoms with Crippen molar-refractivity contribution in [3.8, 4) is 16.9 Å². The molecule has 3 nitrogen and oxygen atoms in total. The van der Waals surface area contributed by atoms with E-state index in [1.54, 1.807) is 7.11 Å². The van der Waals surface area contributed by atoms with Crippen molar-refractivity contribution in [2.75, 3.05) is 14.2 Å². The highest BCUT2D eigenvalue weighted by Crippen LogP contribution is 2.29. The van der Waals surface area contributed by atoms with Crippen LogP contribution in [0.3, 0.4) is 0 Å². The number of rotatable bonds is 5. The van der Waals surface area contributed by atoms with Crippen molar-refractivity contribution in [1.82, 2.24) is 0 Å². The first-order chi connectivity index (χ1) is 9.74. The van der Waals surface area contributed by atoms with Crippen molar-refractivity contribution in [3.05, 3.63) is 54.1 Å². The SMILES string of the molecule is COC(=O)CCc1ccc(-c2ccccc2OC)cc1. The number of ether oxygens (including phenoxy) is 2. The Hall–Kier alpha value is -2.29. The van der Waals surface area contributed by atoms with Crippen LogP contribution in [0.2, 0.25) is 0 Å². The van der Waals surface area contributed by atoms with Crippen LogP contribution in [-0.2, 0) is 16.0 Å². The van der Waals surface area contributed by atoms with Gasteiger partial charge in [0.1, 0.15) is 5.75 Å². The number of para-hydroxylation sites is 1. The first kappa shape index (κ1) is 14.1. The van der Waals surface area contributed by atoms with Crippen molar-refractivity contribution in [2.45, 2.75) is 12.8 Å². The van der Waals surface area contributed by atoms with E-state index in [4.69, 9.17) is 4.74 Å². The topological polar surface area (TPSA) is 35.5 Å². The number of benzene rings is 2. The number of carbonyl (C=O) groups excluding carboxylic acids is 1. The van der Waals surface area contributed by atoms with Crippen LogP contribution in [-0.4, -0.2) is 20.2 Å². The Labute approximate surface area is 119 Å². The summed E-state index contributed by atoms with van der Waals surface area (Å²) in [4.78, 5) is 11.1. The van der Waals surface area contributed by atoms with Crippen LogP contribution in [0, 0.1) is 0 Å². The summed E-state index contributed by atoms with van der Waals surface area (Å²) in [6.07, 6.45) is 1.10. The molecule has 2 aromatic carbocycles.